The first-order valence-corrected chi connectivity index (χ1v) is 8.99. The molecule has 0 saturated carbocycles. The number of carbonyl (C=O) groups excluding carboxylic acids is 2. The number of hydrogen-bond acceptors (Lipinski definition) is 4. The summed E-state index contributed by atoms with van der Waals surface area (Å²) in [6.07, 6.45) is 0. The Morgan fingerprint density at radius 2 is 1.70 bits per heavy atom. The molecule has 0 spiro atoms. The van der Waals surface area contributed by atoms with Crippen LogP contribution in [-0.4, -0.2) is 54.3 Å². The highest BCUT2D eigenvalue weighted by Gasteiger charge is 2.23. The molecular weight excluding hydrogens is 340 g/mol. The molecule has 0 bridgehead atoms. The molecule has 6 nitrogen and oxygen atoms in total. The van der Waals surface area contributed by atoms with Gasteiger partial charge in [0, 0.05) is 38.3 Å². The van der Waals surface area contributed by atoms with E-state index in [1.54, 1.807) is 34.1 Å². The van der Waals surface area contributed by atoms with E-state index in [0.717, 1.165) is 18.7 Å². The van der Waals surface area contributed by atoms with Gasteiger partial charge >= 0.3 is 0 Å². The number of rotatable bonds is 5. The van der Waals surface area contributed by atoms with Crippen molar-refractivity contribution in [2.24, 2.45) is 0 Å². The minimum Gasteiger partial charge on any atom is -0.339 e. The maximum Gasteiger partial charge on any atom is 0.254 e. The number of nitrogens with zero attached hydrogens (tertiary/aromatic N) is 3. The molecule has 1 saturated heterocycles. The monoisotopic (exact) mass is 362 g/mol. The highest BCUT2D eigenvalue weighted by Crippen LogP contribution is 2.12. The van der Waals surface area contributed by atoms with Crippen LogP contribution < -0.4 is 5.32 Å². The van der Waals surface area contributed by atoms with Gasteiger partial charge in [-0.25, -0.2) is 0 Å². The molecule has 3 rings (SSSR count). The molecule has 27 heavy (non-hydrogen) atoms. The average molecular weight is 362 g/mol. The number of piperazine rings is 1. The van der Waals surface area contributed by atoms with Crippen molar-refractivity contribution in [3.63, 3.8) is 0 Å². The summed E-state index contributed by atoms with van der Waals surface area (Å²) in [4.78, 5) is 29.1. The van der Waals surface area contributed by atoms with E-state index in [1.165, 1.54) is 0 Å². The van der Waals surface area contributed by atoms with Crippen LogP contribution in [0.25, 0.3) is 0 Å². The lowest BCUT2D eigenvalue weighted by Gasteiger charge is -2.30. The summed E-state index contributed by atoms with van der Waals surface area (Å²) in [7, 11) is 0. The Morgan fingerprint density at radius 1 is 1.04 bits per heavy atom. The summed E-state index contributed by atoms with van der Waals surface area (Å²) in [6.45, 7) is 3.25. The fourth-order valence-corrected chi connectivity index (χ4v) is 3.05. The zero-order valence-corrected chi connectivity index (χ0v) is 15.1. The third kappa shape index (κ3) is 4.93. The molecule has 1 aliphatic heterocycles. The molecule has 2 aromatic carbocycles. The van der Waals surface area contributed by atoms with Crippen LogP contribution in [0.15, 0.2) is 54.6 Å². The van der Waals surface area contributed by atoms with E-state index in [1.807, 2.05) is 36.4 Å². The van der Waals surface area contributed by atoms with Crippen molar-refractivity contribution >= 4 is 11.8 Å². The molecule has 2 amide bonds. The van der Waals surface area contributed by atoms with Crippen LogP contribution >= 0.6 is 0 Å². The fourth-order valence-electron chi connectivity index (χ4n) is 3.05. The molecule has 1 aliphatic rings. The summed E-state index contributed by atoms with van der Waals surface area (Å²) in [5.74, 6) is -0.263. The Morgan fingerprint density at radius 3 is 2.33 bits per heavy atom. The van der Waals surface area contributed by atoms with Gasteiger partial charge in [-0.05, 0) is 29.8 Å². The van der Waals surface area contributed by atoms with Crippen molar-refractivity contribution in [3.05, 3.63) is 71.3 Å². The second kappa shape index (κ2) is 8.97. The Hall–Kier alpha value is -3.17. The SMILES string of the molecule is N#Cc1ccc(C(=O)N(CC(=O)N2CCNCC2)Cc2ccccc2)cc1. The van der Waals surface area contributed by atoms with Crippen molar-refractivity contribution in [2.75, 3.05) is 32.7 Å². The van der Waals surface area contributed by atoms with Crippen LogP contribution in [0.3, 0.4) is 0 Å². The van der Waals surface area contributed by atoms with E-state index < -0.39 is 0 Å². The molecular formula is C21H22N4O2. The summed E-state index contributed by atoms with van der Waals surface area (Å²) >= 11 is 0. The molecule has 1 N–H and O–H groups in total. The highest BCUT2D eigenvalue weighted by molar-refractivity contribution is 5.96. The van der Waals surface area contributed by atoms with Gasteiger partial charge in [0.2, 0.25) is 5.91 Å². The van der Waals surface area contributed by atoms with E-state index in [0.29, 0.717) is 30.8 Å². The molecule has 0 unspecified atom stereocenters. The van der Waals surface area contributed by atoms with Crippen LogP contribution in [0, 0.1) is 11.3 Å². The van der Waals surface area contributed by atoms with Gasteiger partial charge in [0.25, 0.3) is 5.91 Å². The Balaban J connectivity index is 1.78. The highest BCUT2D eigenvalue weighted by atomic mass is 16.2. The van der Waals surface area contributed by atoms with E-state index in [-0.39, 0.29) is 18.4 Å². The number of benzene rings is 2. The molecule has 0 atom stereocenters. The molecule has 1 heterocycles. The quantitative estimate of drug-likeness (QED) is 0.877. The van der Waals surface area contributed by atoms with Gasteiger partial charge in [-0.3, -0.25) is 9.59 Å². The maximum absolute atomic E-state index is 13.0. The molecule has 1 fully saturated rings. The van der Waals surface area contributed by atoms with Crippen LogP contribution in [0.5, 0.6) is 0 Å². The third-order valence-electron chi connectivity index (χ3n) is 4.56. The lowest BCUT2D eigenvalue weighted by molar-refractivity contribution is -0.132. The van der Waals surface area contributed by atoms with E-state index >= 15 is 0 Å². The predicted molar refractivity (Wildman–Crippen MR) is 102 cm³/mol. The van der Waals surface area contributed by atoms with Crippen molar-refractivity contribution in [1.29, 1.82) is 5.26 Å². The third-order valence-corrected chi connectivity index (χ3v) is 4.56. The first-order valence-electron chi connectivity index (χ1n) is 8.99. The fraction of sp³-hybridized carbons (Fsp3) is 0.286. The lowest BCUT2D eigenvalue weighted by atomic mass is 10.1. The van der Waals surface area contributed by atoms with Crippen molar-refractivity contribution in [2.45, 2.75) is 6.54 Å². The van der Waals surface area contributed by atoms with Crippen molar-refractivity contribution in [1.82, 2.24) is 15.1 Å². The summed E-state index contributed by atoms with van der Waals surface area (Å²) in [5.41, 5.74) is 1.93. The normalized spacial score (nSPS) is 13.7. The van der Waals surface area contributed by atoms with Crippen molar-refractivity contribution < 1.29 is 9.59 Å². The van der Waals surface area contributed by atoms with Crippen LogP contribution in [0.2, 0.25) is 0 Å². The predicted octanol–water partition coefficient (Wildman–Crippen LogP) is 1.63. The average Bonchev–Trinajstić information content (AvgIpc) is 2.74. The van der Waals surface area contributed by atoms with Crippen LogP contribution in [-0.2, 0) is 11.3 Å². The Labute approximate surface area is 159 Å². The first kappa shape index (κ1) is 18.6. The van der Waals surface area contributed by atoms with Gasteiger partial charge in [-0.1, -0.05) is 30.3 Å². The summed E-state index contributed by atoms with van der Waals surface area (Å²) in [6, 6.07) is 18.2. The maximum atomic E-state index is 13.0. The van der Waals surface area contributed by atoms with Gasteiger partial charge in [0.05, 0.1) is 11.6 Å². The second-order valence-corrected chi connectivity index (χ2v) is 6.47. The molecule has 0 radical (unpaired) electrons. The largest absolute Gasteiger partial charge is 0.339 e. The Kier molecular flexibility index (Phi) is 6.18. The second-order valence-electron chi connectivity index (χ2n) is 6.47. The van der Waals surface area contributed by atoms with Gasteiger partial charge in [-0.15, -0.1) is 0 Å². The minimum atomic E-state index is -0.216. The van der Waals surface area contributed by atoms with Gasteiger partial charge in [0.1, 0.15) is 6.54 Å². The molecule has 6 heteroatoms. The summed E-state index contributed by atoms with van der Waals surface area (Å²) in [5, 5.41) is 12.2. The van der Waals surface area contributed by atoms with E-state index in [4.69, 9.17) is 5.26 Å². The molecule has 0 aliphatic carbocycles. The van der Waals surface area contributed by atoms with Gasteiger partial charge in [-0.2, -0.15) is 5.26 Å². The minimum absolute atomic E-state index is 0.0354. The standard InChI is InChI=1S/C21H22N4O2/c22-14-17-6-8-19(9-7-17)21(27)25(15-18-4-2-1-3-5-18)16-20(26)24-12-10-23-11-13-24/h1-9,23H,10-13,15-16H2. The summed E-state index contributed by atoms with van der Waals surface area (Å²) < 4.78 is 0. The van der Waals surface area contributed by atoms with Crippen LogP contribution in [0.1, 0.15) is 21.5 Å². The van der Waals surface area contributed by atoms with Gasteiger partial charge in [0.15, 0.2) is 0 Å². The number of carbonyl (C=O) groups is 2. The zero-order chi connectivity index (χ0) is 19.1. The lowest BCUT2D eigenvalue weighted by Crippen LogP contribution is -2.50. The topological polar surface area (TPSA) is 76.4 Å². The smallest absolute Gasteiger partial charge is 0.254 e. The molecule has 2 aromatic rings. The number of nitriles is 1. The first-order chi connectivity index (χ1) is 13.2. The molecule has 138 valence electrons. The van der Waals surface area contributed by atoms with Gasteiger partial charge < -0.3 is 15.1 Å². The number of amides is 2. The number of nitrogens with one attached hydrogen (secondary N) is 1. The van der Waals surface area contributed by atoms with Crippen molar-refractivity contribution in [3.8, 4) is 6.07 Å². The Bertz CT molecular complexity index is 822. The number of hydrogen-bond donors (Lipinski definition) is 1. The van der Waals surface area contributed by atoms with E-state index in [9.17, 15) is 9.59 Å². The zero-order valence-electron chi connectivity index (χ0n) is 15.1. The van der Waals surface area contributed by atoms with E-state index in [2.05, 4.69) is 5.32 Å². The van der Waals surface area contributed by atoms with Crippen LogP contribution in [0.4, 0.5) is 0 Å². The molecule has 0 aromatic heterocycles.